The first-order chi connectivity index (χ1) is 11.8. The van der Waals surface area contributed by atoms with Gasteiger partial charge in [-0.15, -0.1) is 0 Å². The van der Waals surface area contributed by atoms with E-state index in [4.69, 9.17) is 33.5 Å². The highest BCUT2D eigenvalue weighted by Gasteiger charge is 2.48. The molecule has 148 valence electrons. The number of ether oxygens (including phenoxy) is 3. The molecule has 8 nitrogen and oxygen atoms in total. The third-order valence-electron chi connectivity index (χ3n) is 4.16. The summed E-state index contributed by atoms with van der Waals surface area (Å²) in [5.41, 5.74) is 5.69. The highest BCUT2D eigenvalue weighted by atomic mass is 31.2. The van der Waals surface area contributed by atoms with Gasteiger partial charge >= 0.3 is 7.82 Å². The second kappa shape index (κ2) is 11.0. The molecule has 10 heteroatoms. The summed E-state index contributed by atoms with van der Waals surface area (Å²) in [4.78, 5) is 0. The Morgan fingerprint density at radius 1 is 1.28 bits per heavy atom. The third kappa shape index (κ3) is 6.92. The van der Waals surface area contributed by atoms with Crippen LogP contribution in [0.4, 0.5) is 0 Å². The summed E-state index contributed by atoms with van der Waals surface area (Å²) in [7, 11) is 1.08. The van der Waals surface area contributed by atoms with Crippen LogP contribution in [0.25, 0.3) is 0 Å². The fourth-order valence-electron chi connectivity index (χ4n) is 2.94. The van der Waals surface area contributed by atoms with Crippen molar-refractivity contribution in [1.82, 2.24) is 0 Å². The minimum atomic E-state index is -3.69. The first-order valence-corrected chi connectivity index (χ1v) is 10.2. The zero-order chi connectivity index (χ0) is 19.0. The number of phosphoric ester groups is 1. The lowest BCUT2D eigenvalue weighted by Crippen LogP contribution is -2.41. The highest BCUT2D eigenvalue weighted by molar-refractivity contribution is 7.48. The average molecular weight is 381 g/mol. The monoisotopic (exact) mass is 381 g/mol. The van der Waals surface area contributed by atoms with E-state index in [0.29, 0.717) is 12.5 Å². The van der Waals surface area contributed by atoms with Gasteiger partial charge in [0.1, 0.15) is 26.2 Å². The van der Waals surface area contributed by atoms with Crippen LogP contribution in [0.3, 0.4) is 0 Å². The lowest BCUT2D eigenvalue weighted by Gasteiger charge is -2.29. The number of nitrogens with two attached hydrogens (primary N) is 1. The largest absolute Gasteiger partial charge is 0.474 e. The van der Waals surface area contributed by atoms with E-state index < -0.39 is 26.1 Å². The van der Waals surface area contributed by atoms with Gasteiger partial charge in [-0.3, -0.25) is 13.6 Å². The normalized spacial score (nSPS) is 31.6. The van der Waals surface area contributed by atoms with Gasteiger partial charge in [0.15, 0.2) is 0 Å². The van der Waals surface area contributed by atoms with Crippen LogP contribution in [0.2, 0.25) is 0 Å². The predicted molar refractivity (Wildman–Crippen MR) is 97.4 cm³/mol. The molecule has 25 heavy (non-hydrogen) atoms. The van der Waals surface area contributed by atoms with Gasteiger partial charge in [0.25, 0.3) is 0 Å². The topological polar surface area (TPSA) is 98.5 Å². The van der Waals surface area contributed by atoms with E-state index in [9.17, 15) is 4.57 Å². The van der Waals surface area contributed by atoms with E-state index in [1.807, 2.05) is 14.8 Å². The highest BCUT2D eigenvalue weighted by Crippen LogP contribution is 2.51. The SMILES string of the molecule is B[C@@H]1O[C@H](COC)[C@H](OP(=O)(OC)OCC)[C@@H]1OC(C)CC(C)CN. The van der Waals surface area contributed by atoms with Crippen molar-refractivity contribution in [3.63, 3.8) is 0 Å². The van der Waals surface area contributed by atoms with Crippen molar-refractivity contribution < 1.29 is 32.3 Å². The van der Waals surface area contributed by atoms with Crippen molar-refractivity contribution in [3.8, 4) is 0 Å². The smallest absolute Gasteiger partial charge is 0.382 e. The Labute approximate surface area is 152 Å². The zero-order valence-corrected chi connectivity index (χ0v) is 17.1. The fourth-order valence-corrected chi connectivity index (χ4v) is 4.07. The number of rotatable bonds is 12. The Kier molecular flexibility index (Phi) is 10.1. The second-order valence-electron chi connectivity index (χ2n) is 6.44. The molecule has 0 aromatic carbocycles. The molecule has 0 radical (unpaired) electrons. The molecule has 1 rings (SSSR count). The van der Waals surface area contributed by atoms with Crippen molar-refractivity contribution in [2.24, 2.45) is 11.7 Å². The Morgan fingerprint density at radius 2 is 1.96 bits per heavy atom. The van der Waals surface area contributed by atoms with Crippen molar-refractivity contribution in [1.29, 1.82) is 0 Å². The maximum atomic E-state index is 12.6. The number of phosphoric acid groups is 1. The summed E-state index contributed by atoms with van der Waals surface area (Å²) >= 11 is 0. The van der Waals surface area contributed by atoms with Crippen molar-refractivity contribution in [2.45, 2.75) is 57.6 Å². The Bertz CT molecular complexity index is 431. The first-order valence-electron chi connectivity index (χ1n) is 8.78. The van der Waals surface area contributed by atoms with Gasteiger partial charge in [-0.25, -0.2) is 4.57 Å². The summed E-state index contributed by atoms with van der Waals surface area (Å²) in [5.74, 6) is 0.343. The lowest BCUT2D eigenvalue weighted by atomic mass is 9.92. The summed E-state index contributed by atoms with van der Waals surface area (Å²) < 4.78 is 45.8. The molecule has 1 aliphatic rings. The molecule has 0 amide bonds. The van der Waals surface area contributed by atoms with Gasteiger partial charge in [-0.05, 0) is 32.7 Å². The lowest BCUT2D eigenvalue weighted by molar-refractivity contribution is -0.0675. The van der Waals surface area contributed by atoms with E-state index in [1.165, 1.54) is 7.11 Å². The molecule has 1 heterocycles. The number of methoxy groups -OCH3 is 1. The van der Waals surface area contributed by atoms with Crippen LogP contribution in [0, 0.1) is 5.92 Å². The van der Waals surface area contributed by atoms with Crippen LogP contribution in [0.5, 0.6) is 0 Å². The summed E-state index contributed by atoms with van der Waals surface area (Å²) in [6.07, 6.45) is -0.689. The van der Waals surface area contributed by atoms with Crippen molar-refractivity contribution in [2.75, 3.05) is 34.0 Å². The summed E-state index contributed by atoms with van der Waals surface area (Å²) in [6.45, 7) is 6.87. The first kappa shape index (κ1) is 23.1. The molecule has 1 fully saturated rings. The fraction of sp³-hybridized carbons (Fsp3) is 1.00. The van der Waals surface area contributed by atoms with Gasteiger partial charge < -0.3 is 19.9 Å². The average Bonchev–Trinajstić information content (AvgIpc) is 2.83. The van der Waals surface area contributed by atoms with Crippen molar-refractivity contribution in [3.05, 3.63) is 0 Å². The van der Waals surface area contributed by atoms with Crippen LogP contribution in [0.15, 0.2) is 0 Å². The Hall–Kier alpha value is 0.0149. The third-order valence-corrected chi connectivity index (χ3v) is 5.68. The molecule has 2 N–H and O–H groups in total. The molecule has 0 aromatic rings. The Morgan fingerprint density at radius 3 is 2.48 bits per heavy atom. The molecule has 0 spiro atoms. The molecule has 0 bridgehead atoms. The summed E-state index contributed by atoms with van der Waals surface area (Å²) in [6, 6.07) is -0.243. The molecule has 0 saturated carbocycles. The molecular weight excluding hydrogens is 348 g/mol. The maximum Gasteiger partial charge on any atom is 0.474 e. The Balaban J connectivity index is 2.88. The molecular formula is C15H33BNO7P. The van der Waals surface area contributed by atoms with E-state index in [-0.39, 0.29) is 25.3 Å². The van der Waals surface area contributed by atoms with Gasteiger partial charge in [-0.1, -0.05) is 6.92 Å². The number of hydrogen-bond donors (Lipinski definition) is 1. The number of hydrogen-bond acceptors (Lipinski definition) is 8. The van der Waals surface area contributed by atoms with E-state index in [2.05, 4.69) is 6.92 Å². The van der Waals surface area contributed by atoms with E-state index in [0.717, 1.165) is 6.42 Å². The van der Waals surface area contributed by atoms with Gasteiger partial charge in [-0.2, -0.15) is 0 Å². The van der Waals surface area contributed by atoms with Gasteiger partial charge in [0.2, 0.25) is 0 Å². The molecule has 0 aliphatic carbocycles. The molecule has 3 unspecified atom stereocenters. The predicted octanol–water partition coefficient (Wildman–Crippen LogP) is 0.926. The van der Waals surface area contributed by atoms with Crippen LogP contribution < -0.4 is 5.73 Å². The van der Waals surface area contributed by atoms with Crippen LogP contribution in [-0.4, -0.2) is 72.2 Å². The van der Waals surface area contributed by atoms with E-state index in [1.54, 1.807) is 14.0 Å². The van der Waals surface area contributed by atoms with E-state index >= 15 is 0 Å². The van der Waals surface area contributed by atoms with Crippen LogP contribution in [-0.2, 0) is 32.3 Å². The molecule has 1 aliphatic heterocycles. The van der Waals surface area contributed by atoms with Crippen molar-refractivity contribution >= 4 is 15.7 Å². The minimum Gasteiger partial charge on any atom is -0.382 e. The maximum absolute atomic E-state index is 12.6. The van der Waals surface area contributed by atoms with Crippen LogP contribution >= 0.6 is 7.82 Å². The van der Waals surface area contributed by atoms with Gasteiger partial charge in [0.05, 0.1) is 25.3 Å². The van der Waals surface area contributed by atoms with Crippen LogP contribution in [0.1, 0.15) is 27.2 Å². The minimum absolute atomic E-state index is 0.0454. The molecule has 7 atom stereocenters. The standard InChI is InChI=1S/C15H33BNO7P/c1-6-21-25(18,20-5)24-13-12(9-19-4)23-15(16)14(13)22-11(3)7-10(2)8-17/h10-15H,6-9,16-17H2,1-5H3/t10?,11?,12-,13+,14+,15-,25?/m1/s1. The quantitative estimate of drug-likeness (QED) is 0.394. The van der Waals surface area contributed by atoms with Gasteiger partial charge in [0, 0.05) is 14.2 Å². The second-order valence-corrected chi connectivity index (χ2v) is 8.17. The zero-order valence-electron chi connectivity index (χ0n) is 16.2. The molecule has 0 aromatic heterocycles. The molecule has 1 saturated heterocycles. The summed E-state index contributed by atoms with van der Waals surface area (Å²) in [5, 5.41) is 0.